The summed E-state index contributed by atoms with van der Waals surface area (Å²) in [5, 5.41) is 0.443. The van der Waals surface area contributed by atoms with Crippen molar-refractivity contribution in [2.24, 2.45) is 9.39 Å². The van der Waals surface area contributed by atoms with E-state index in [1.165, 1.54) is 37.3 Å². The lowest BCUT2D eigenvalue weighted by molar-refractivity contribution is -0.111. The maximum atomic E-state index is 12.2. The molecule has 1 aliphatic carbocycles. The quantitative estimate of drug-likeness (QED) is 0.466. The van der Waals surface area contributed by atoms with Crippen molar-refractivity contribution in [2.75, 3.05) is 0 Å². The number of hydrogen-bond acceptors (Lipinski definition) is 3. The van der Waals surface area contributed by atoms with Crippen molar-refractivity contribution in [2.45, 2.75) is 25.7 Å². The summed E-state index contributed by atoms with van der Waals surface area (Å²) >= 11 is 5.75. The summed E-state index contributed by atoms with van der Waals surface area (Å²) in [5.41, 5.74) is 1.73. The van der Waals surface area contributed by atoms with E-state index in [2.05, 4.69) is 9.39 Å². The van der Waals surface area contributed by atoms with Crippen LogP contribution in [0.25, 0.3) is 0 Å². The van der Waals surface area contributed by atoms with Crippen LogP contribution in [0.2, 0.25) is 5.02 Å². The molecule has 120 valence electrons. The predicted molar refractivity (Wildman–Crippen MR) is 91.7 cm³/mol. The summed E-state index contributed by atoms with van der Waals surface area (Å²) < 4.78 is 28.1. The molecule has 0 heterocycles. The first-order valence-corrected chi connectivity index (χ1v) is 8.58. The fourth-order valence-electron chi connectivity index (χ4n) is 1.92. The number of carbonyl (C=O) groups is 1. The molecule has 0 aliphatic heterocycles. The molecule has 2 rings (SSSR count). The second kappa shape index (κ2) is 6.60. The van der Waals surface area contributed by atoms with Gasteiger partial charge < -0.3 is 0 Å². The Morgan fingerprint density at radius 3 is 2.26 bits per heavy atom. The number of hydrogen-bond donors (Lipinski definition) is 0. The third-order valence-electron chi connectivity index (χ3n) is 3.14. The smallest absolute Gasteiger partial charge is 0.283 e. The van der Waals surface area contributed by atoms with Gasteiger partial charge in [-0.15, -0.1) is 4.40 Å². The van der Waals surface area contributed by atoms with Gasteiger partial charge in [0.05, 0.1) is 10.6 Å². The van der Waals surface area contributed by atoms with Gasteiger partial charge in [-0.05, 0) is 68.3 Å². The number of benzene rings is 1. The van der Waals surface area contributed by atoms with Gasteiger partial charge in [0.15, 0.2) is 5.78 Å². The maximum Gasteiger partial charge on any atom is 0.283 e. The topological polar surface area (TPSA) is 75.9 Å². The molecule has 0 bridgehead atoms. The van der Waals surface area contributed by atoms with Crippen LogP contribution in [0, 0.1) is 0 Å². The Balaban J connectivity index is 2.36. The Bertz CT molecular complexity index is 876. The van der Waals surface area contributed by atoms with E-state index in [0.29, 0.717) is 21.9 Å². The van der Waals surface area contributed by atoms with Crippen LogP contribution in [-0.2, 0) is 14.8 Å². The molecular formula is C16H15ClN2O3S. The standard InChI is InChI=1S/C16H15ClN2O3S/c1-10-9-16(20)11(2)8-15(10)18-12(3)19-23(21,22)14-6-4-13(17)5-7-14/h4-9H,1-3H3. The number of nitrogens with zero attached hydrogens (tertiary/aromatic N) is 2. The van der Waals surface area contributed by atoms with Gasteiger partial charge in [-0.1, -0.05) is 11.6 Å². The van der Waals surface area contributed by atoms with Crippen molar-refractivity contribution in [1.29, 1.82) is 0 Å². The van der Waals surface area contributed by atoms with Crippen LogP contribution in [0.4, 0.5) is 0 Å². The molecular weight excluding hydrogens is 336 g/mol. The summed E-state index contributed by atoms with van der Waals surface area (Å²) in [5.74, 6) is 0.00549. The van der Waals surface area contributed by atoms with Gasteiger partial charge in [0.25, 0.3) is 10.0 Å². The normalized spacial score (nSPS) is 18.0. The SMILES string of the molecule is CC1=CC(=NC(C)=NS(=O)(=O)c2ccc(Cl)cc2)C(C)=CC1=O. The fraction of sp³-hybridized carbons (Fsp3) is 0.188. The molecule has 1 aromatic carbocycles. The minimum atomic E-state index is -3.85. The van der Waals surface area contributed by atoms with E-state index >= 15 is 0 Å². The predicted octanol–water partition coefficient (Wildman–Crippen LogP) is 3.36. The van der Waals surface area contributed by atoms with Gasteiger partial charge >= 0.3 is 0 Å². The van der Waals surface area contributed by atoms with Crippen LogP contribution in [-0.4, -0.2) is 25.7 Å². The molecule has 7 heteroatoms. The van der Waals surface area contributed by atoms with Crippen LogP contribution in [0.3, 0.4) is 0 Å². The zero-order valence-electron chi connectivity index (χ0n) is 12.9. The molecule has 0 N–H and O–H groups in total. The van der Waals surface area contributed by atoms with Gasteiger partial charge in [0.1, 0.15) is 5.84 Å². The van der Waals surface area contributed by atoms with Gasteiger partial charge in [0.2, 0.25) is 0 Å². The number of aliphatic imine (C=N–C) groups is 1. The Morgan fingerprint density at radius 1 is 1.04 bits per heavy atom. The van der Waals surface area contributed by atoms with Crippen LogP contribution in [0.1, 0.15) is 20.8 Å². The number of allylic oxidation sites excluding steroid dienone is 4. The highest BCUT2D eigenvalue weighted by Crippen LogP contribution is 2.17. The number of halogens is 1. The molecule has 0 radical (unpaired) electrons. The van der Waals surface area contributed by atoms with Crippen molar-refractivity contribution in [3.8, 4) is 0 Å². The van der Waals surface area contributed by atoms with Crippen LogP contribution in [0.15, 0.2) is 61.8 Å². The molecule has 0 fully saturated rings. The zero-order valence-corrected chi connectivity index (χ0v) is 14.4. The van der Waals surface area contributed by atoms with Crippen LogP contribution < -0.4 is 0 Å². The first kappa shape index (κ1) is 17.3. The Kier molecular flexibility index (Phi) is 4.97. The van der Waals surface area contributed by atoms with Crippen molar-refractivity contribution < 1.29 is 13.2 Å². The monoisotopic (exact) mass is 350 g/mol. The fourth-order valence-corrected chi connectivity index (χ4v) is 3.02. The van der Waals surface area contributed by atoms with E-state index in [-0.39, 0.29) is 16.5 Å². The number of rotatable bonds is 2. The molecule has 0 amide bonds. The van der Waals surface area contributed by atoms with Crippen molar-refractivity contribution in [3.05, 3.63) is 52.6 Å². The Labute approximate surface area is 140 Å². The van der Waals surface area contributed by atoms with E-state index in [4.69, 9.17) is 11.6 Å². The lowest BCUT2D eigenvalue weighted by Crippen LogP contribution is -2.11. The second-order valence-electron chi connectivity index (χ2n) is 5.08. The van der Waals surface area contributed by atoms with E-state index in [1.807, 2.05) is 0 Å². The molecule has 0 unspecified atom stereocenters. The number of carbonyl (C=O) groups excluding carboxylic acids is 1. The Morgan fingerprint density at radius 2 is 1.65 bits per heavy atom. The van der Waals surface area contributed by atoms with Crippen molar-refractivity contribution >= 4 is 39.0 Å². The third kappa shape index (κ3) is 4.24. The number of ketones is 1. The van der Waals surface area contributed by atoms with Crippen molar-refractivity contribution in [1.82, 2.24) is 0 Å². The number of amidine groups is 1. The van der Waals surface area contributed by atoms with E-state index in [9.17, 15) is 13.2 Å². The highest BCUT2D eigenvalue weighted by atomic mass is 35.5. The van der Waals surface area contributed by atoms with Gasteiger partial charge in [0, 0.05) is 5.02 Å². The highest BCUT2D eigenvalue weighted by molar-refractivity contribution is 7.90. The minimum absolute atomic E-state index is 0.0410. The maximum absolute atomic E-state index is 12.2. The first-order valence-electron chi connectivity index (χ1n) is 6.76. The average Bonchev–Trinajstić information content (AvgIpc) is 2.44. The van der Waals surface area contributed by atoms with E-state index in [1.54, 1.807) is 19.9 Å². The average molecular weight is 351 g/mol. The van der Waals surface area contributed by atoms with Gasteiger partial charge in [-0.2, -0.15) is 8.42 Å². The van der Waals surface area contributed by atoms with E-state index in [0.717, 1.165) is 0 Å². The first-order chi connectivity index (χ1) is 10.7. The highest BCUT2D eigenvalue weighted by Gasteiger charge is 2.15. The minimum Gasteiger partial charge on any atom is -0.290 e. The number of sulfonamides is 1. The summed E-state index contributed by atoms with van der Waals surface area (Å²) in [6.45, 7) is 4.91. The molecule has 0 atom stereocenters. The van der Waals surface area contributed by atoms with Crippen LogP contribution >= 0.6 is 11.6 Å². The summed E-state index contributed by atoms with van der Waals surface area (Å²) in [7, 11) is -3.85. The molecule has 5 nitrogen and oxygen atoms in total. The lowest BCUT2D eigenvalue weighted by atomic mass is 9.99. The molecule has 23 heavy (non-hydrogen) atoms. The molecule has 0 spiro atoms. The molecule has 0 saturated heterocycles. The van der Waals surface area contributed by atoms with Crippen LogP contribution in [0.5, 0.6) is 0 Å². The molecule has 0 saturated carbocycles. The second-order valence-corrected chi connectivity index (χ2v) is 7.12. The Hall–Kier alpha value is -2.05. The van der Waals surface area contributed by atoms with Gasteiger partial charge in [-0.25, -0.2) is 4.99 Å². The van der Waals surface area contributed by atoms with E-state index < -0.39 is 10.0 Å². The summed E-state index contributed by atoms with van der Waals surface area (Å²) in [6, 6.07) is 5.74. The largest absolute Gasteiger partial charge is 0.290 e. The van der Waals surface area contributed by atoms with Gasteiger partial charge in [-0.3, -0.25) is 4.79 Å². The lowest BCUT2D eigenvalue weighted by Gasteiger charge is -2.09. The summed E-state index contributed by atoms with van der Waals surface area (Å²) in [4.78, 5) is 15.8. The molecule has 0 aromatic heterocycles. The molecule has 1 aromatic rings. The third-order valence-corrected chi connectivity index (χ3v) is 4.76. The summed E-state index contributed by atoms with van der Waals surface area (Å²) in [6.07, 6.45) is 3.08. The van der Waals surface area contributed by atoms with Crippen molar-refractivity contribution in [3.63, 3.8) is 0 Å². The zero-order chi connectivity index (χ0) is 17.2. The molecule has 1 aliphatic rings.